The molecule has 2 N–H and O–H groups in total. The highest BCUT2D eigenvalue weighted by Gasteiger charge is 2.71. The summed E-state index contributed by atoms with van der Waals surface area (Å²) in [5, 5.41) is 12.3. The fourth-order valence-electron chi connectivity index (χ4n) is 4.07. The number of nitrogens with zero attached hydrogens (tertiary/aromatic N) is 1. The number of rotatable bonds is 4. The molecule has 0 spiro atoms. The first-order chi connectivity index (χ1) is 14.9. The first kappa shape index (κ1) is 23.9. The number of aliphatic hydroxyl groups is 1. The molecule has 32 heavy (non-hydrogen) atoms. The second-order valence-electron chi connectivity index (χ2n) is 7.69. The molecule has 174 valence electrons. The molecule has 2 aromatic carbocycles. The van der Waals surface area contributed by atoms with Crippen molar-refractivity contribution in [1.82, 2.24) is 10.2 Å². The quantitative estimate of drug-likeness (QED) is 0.637. The Bertz CT molecular complexity index is 914. The highest BCUT2D eigenvalue weighted by atomic mass is 19.4. The van der Waals surface area contributed by atoms with E-state index in [2.05, 4.69) is 5.32 Å². The molecule has 1 aliphatic rings. The van der Waals surface area contributed by atoms with Crippen LogP contribution in [0.3, 0.4) is 0 Å². The topological polar surface area (TPSA) is 52.6 Å². The van der Waals surface area contributed by atoms with Gasteiger partial charge in [-0.05, 0) is 18.1 Å². The van der Waals surface area contributed by atoms with E-state index in [0.29, 0.717) is 30.8 Å². The average molecular weight is 460 g/mol. The first-order valence-corrected chi connectivity index (χ1v) is 9.94. The lowest BCUT2D eigenvalue weighted by atomic mass is 9.83. The fraction of sp³-hybridized carbons (Fsp3) is 0.409. The molecular weight excluding hydrogens is 438 g/mol. The van der Waals surface area contributed by atoms with Gasteiger partial charge in [0, 0.05) is 37.0 Å². The third-order valence-electron chi connectivity index (χ3n) is 5.74. The van der Waals surface area contributed by atoms with E-state index in [0.717, 1.165) is 17.7 Å². The summed E-state index contributed by atoms with van der Waals surface area (Å²) in [5.74, 6) is -0.548. The summed E-state index contributed by atoms with van der Waals surface area (Å²) in [6.07, 6.45) is -11.9. The SMILES string of the molecule is CCNC(=O)N1C[C@@H](c2ccccc2)[C@H](c2ccc(C(O)(C(F)(F)F)C(F)(F)F)cc2)C1. The summed E-state index contributed by atoms with van der Waals surface area (Å²) >= 11 is 0. The minimum atomic E-state index is -5.94. The zero-order valence-electron chi connectivity index (χ0n) is 17.0. The van der Waals surface area contributed by atoms with Crippen LogP contribution in [0.5, 0.6) is 0 Å². The van der Waals surface area contributed by atoms with E-state index in [1.54, 1.807) is 11.8 Å². The number of hydrogen-bond donors (Lipinski definition) is 2. The van der Waals surface area contributed by atoms with Gasteiger partial charge in [0.05, 0.1) is 0 Å². The normalized spacial score (nSPS) is 19.8. The van der Waals surface area contributed by atoms with E-state index in [1.165, 1.54) is 0 Å². The van der Waals surface area contributed by atoms with Crippen molar-refractivity contribution >= 4 is 6.03 Å². The van der Waals surface area contributed by atoms with Gasteiger partial charge in [-0.3, -0.25) is 0 Å². The maximum absolute atomic E-state index is 13.2. The Morgan fingerprint density at radius 1 is 0.906 bits per heavy atom. The van der Waals surface area contributed by atoms with Gasteiger partial charge < -0.3 is 15.3 Å². The lowest BCUT2D eigenvalue weighted by Gasteiger charge is -2.33. The molecule has 3 rings (SSSR count). The summed E-state index contributed by atoms with van der Waals surface area (Å²) < 4.78 is 79.0. The van der Waals surface area contributed by atoms with Crippen LogP contribution in [-0.2, 0) is 5.60 Å². The third kappa shape index (κ3) is 4.28. The Morgan fingerprint density at radius 2 is 1.38 bits per heavy atom. The van der Waals surface area contributed by atoms with Gasteiger partial charge in [0.1, 0.15) is 0 Å². The molecule has 2 amide bonds. The Labute approximate surface area is 180 Å². The van der Waals surface area contributed by atoms with Crippen molar-refractivity contribution in [2.75, 3.05) is 19.6 Å². The number of hydrogen-bond acceptors (Lipinski definition) is 2. The molecule has 1 aliphatic heterocycles. The van der Waals surface area contributed by atoms with E-state index in [-0.39, 0.29) is 24.4 Å². The molecule has 1 heterocycles. The van der Waals surface area contributed by atoms with Crippen LogP contribution in [0.2, 0.25) is 0 Å². The average Bonchev–Trinajstić information content (AvgIpc) is 3.18. The van der Waals surface area contributed by atoms with Crippen LogP contribution >= 0.6 is 0 Å². The van der Waals surface area contributed by atoms with Gasteiger partial charge in [-0.15, -0.1) is 0 Å². The van der Waals surface area contributed by atoms with Crippen LogP contribution in [0, 0.1) is 0 Å². The van der Waals surface area contributed by atoms with E-state index in [9.17, 15) is 36.2 Å². The summed E-state index contributed by atoms with van der Waals surface area (Å²) in [4.78, 5) is 13.9. The molecule has 4 nitrogen and oxygen atoms in total. The van der Waals surface area contributed by atoms with Crippen LogP contribution < -0.4 is 5.32 Å². The standard InChI is InChI=1S/C22H22F6N2O2/c1-2-29-19(31)30-12-17(14-6-4-3-5-7-14)18(13-30)15-8-10-16(11-9-15)20(32,21(23,24)25)22(26,27)28/h3-11,17-18,32H,2,12-13H2,1H3,(H,29,31)/t17-,18-/m0/s1. The third-order valence-corrected chi connectivity index (χ3v) is 5.74. The number of urea groups is 1. The van der Waals surface area contributed by atoms with Crippen molar-refractivity contribution in [2.24, 2.45) is 0 Å². The van der Waals surface area contributed by atoms with E-state index >= 15 is 0 Å². The number of halogens is 6. The molecule has 1 saturated heterocycles. The number of likely N-dealkylation sites (tertiary alicyclic amines) is 1. The van der Waals surface area contributed by atoms with Crippen molar-refractivity contribution < 1.29 is 36.2 Å². The van der Waals surface area contributed by atoms with Gasteiger partial charge >= 0.3 is 18.4 Å². The predicted octanol–water partition coefficient (Wildman–Crippen LogP) is 4.91. The molecule has 1 fully saturated rings. The van der Waals surface area contributed by atoms with E-state index < -0.39 is 23.5 Å². The van der Waals surface area contributed by atoms with E-state index in [4.69, 9.17) is 0 Å². The second kappa shape index (κ2) is 8.65. The van der Waals surface area contributed by atoms with Crippen molar-refractivity contribution in [3.8, 4) is 0 Å². The maximum Gasteiger partial charge on any atom is 0.430 e. The van der Waals surface area contributed by atoms with Crippen LogP contribution in [0.4, 0.5) is 31.1 Å². The maximum atomic E-state index is 13.2. The Balaban J connectivity index is 1.97. The molecule has 0 aromatic heterocycles. The van der Waals surface area contributed by atoms with Crippen LogP contribution in [0.1, 0.15) is 35.4 Å². The van der Waals surface area contributed by atoms with Crippen LogP contribution in [0.25, 0.3) is 0 Å². The number of carbonyl (C=O) groups is 1. The van der Waals surface area contributed by atoms with Crippen LogP contribution in [-0.4, -0.2) is 48.0 Å². The van der Waals surface area contributed by atoms with Gasteiger partial charge in [-0.1, -0.05) is 54.6 Å². The number of nitrogens with one attached hydrogen (secondary N) is 1. The fourth-order valence-corrected chi connectivity index (χ4v) is 4.07. The first-order valence-electron chi connectivity index (χ1n) is 9.94. The van der Waals surface area contributed by atoms with E-state index in [1.807, 2.05) is 30.3 Å². The lowest BCUT2D eigenvalue weighted by molar-refractivity contribution is -0.376. The number of alkyl halides is 6. The highest BCUT2D eigenvalue weighted by Crippen LogP contribution is 2.50. The molecule has 0 bridgehead atoms. The summed E-state index contributed by atoms with van der Waals surface area (Å²) in [6, 6.07) is 12.5. The zero-order chi connectivity index (χ0) is 23.7. The zero-order valence-corrected chi connectivity index (χ0v) is 17.0. The molecule has 0 saturated carbocycles. The Morgan fingerprint density at radius 3 is 1.81 bits per heavy atom. The van der Waals surface area contributed by atoms with Crippen molar-refractivity contribution in [3.05, 3.63) is 71.3 Å². The minimum Gasteiger partial charge on any atom is -0.369 e. The van der Waals surface area contributed by atoms with Crippen molar-refractivity contribution in [2.45, 2.75) is 36.7 Å². The van der Waals surface area contributed by atoms with Gasteiger partial charge in [0.15, 0.2) is 0 Å². The predicted molar refractivity (Wildman–Crippen MR) is 105 cm³/mol. The number of amides is 2. The molecule has 0 aliphatic carbocycles. The summed E-state index contributed by atoms with van der Waals surface area (Å²) in [5.41, 5.74) is -4.91. The highest BCUT2D eigenvalue weighted by molar-refractivity contribution is 5.75. The number of benzene rings is 2. The Kier molecular flexibility index (Phi) is 6.46. The van der Waals surface area contributed by atoms with Crippen molar-refractivity contribution in [1.29, 1.82) is 0 Å². The smallest absolute Gasteiger partial charge is 0.369 e. The van der Waals surface area contributed by atoms with Crippen molar-refractivity contribution in [3.63, 3.8) is 0 Å². The molecule has 0 unspecified atom stereocenters. The monoisotopic (exact) mass is 460 g/mol. The number of carbonyl (C=O) groups excluding carboxylic acids is 1. The molecule has 2 atom stereocenters. The minimum absolute atomic E-state index is 0.200. The molecule has 2 aromatic rings. The largest absolute Gasteiger partial charge is 0.430 e. The summed E-state index contributed by atoms with van der Waals surface area (Å²) in [7, 11) is 0. The molecular formula is C22H22F6N2O2. The lowest BCUT2D eigenvalue weighted by Crippen LogP contribution is -2.53. The van der Waals surface area contributed by atoms with Crippen LogP contribution in [0.15, 0.2) is 54.6 Å². The summed E-state index contributed by atoms with van der Waals surface area (Å²) in [6.45, 7) is 2.77. The Hall–Kier alpha value is -2.75. The van der Waals surface area contributed by atoms with Gasteiger partial charge in [0.25, 0.3) is 5.60 Å². The molecule has 0 radical (unpaired) electrons. The molecule has 10 heteroatoms. The second-order valence-corrected chi connectivity index (χ2v) is 7.69. The van der Waals surface area contributed by atoms with Gasteiger partial charge in [0.2, 0.25) is 0 Å². The van der Waals surface area contributed by atoms with Gasteiger partial charge in [-0.25, -0.2) is 4.79 Å². The van der Waals surface area contributed by atoms with Gasteiger partial charge in [-0.2, -0.15) is 26.3 Å².